The molecule has 0 aliphatic heterocycles. The molecule has 1 nitrogen and oxygen atoms in total. The number of halogens is 1. The minimum atomic E-state index is 0.369. The predicted octanol–water partition coefficient (Wildman–Crippen LogP) is 4.02. The molecule has 1 heterocycles. The fourth-order valence-corrected chi connectivity index (χ4v) is 2.83. The van der Waals surface area contributed by atoms with E-state index in [1.807, 2.05) is 13.0 Å². The largest absolute Gasteiger partial charge is 0.247 e. The first kappa shape index (κ1) is 11.6. The van der Waals surface area contributed by atoms with Crippen molar-refractivity contribution in [2.24, 2.45) is 0 Å². The predicted molar refractivity (Wildman–Crippen MR) is 70.5 cm³/mol. The third kappa shape index (κ3) is 2.83. The fraction of sp³-hybridized carbons (Fsp3) is 0.308. The summed E-state index contributed by atoms with van der Waals surface area (Å²) in [7, 11) is 0. The molecule has 0 amide bonds. The van der Waals surface area contributed by atoms with E-state index in [9.17, 15) is 0 Å². The lowest BCUT2D eigenvalue weighted by atomic mass is 9.98. The summed E-state index contributed by atoms with van der Waals surface area (Å²) in [6.45, 7) is 2.03. The Morgan fingerprint density at radius 1 is 1.31 bits per heavy atom. The molecule has 1 aromatic carbocycles. The first-order chi connectivity index (χ1) is 7.79. The molecule has 1 unspecified atom stereocenters. The molecule has 3 heteroatoms. The Morgan fingerprint density at radius 3 is 2.62 bits per heavy atom. The van der Waals surface area contributed by atoms with Gasteiger partial charge in [-0.1, -0.05) is 30.3 Å². The van der Waals surface area contributed by atoms with Crippen LogP contribution in [0.1, 0.15) is 22.2 Å². The van der Waals surface area contributed by atoms with Gasteiger partial charge in [0.1, 0.15) is 0 Å². The maximum atomic E-state index is 6.04. The molecule has 16 heavy (non-hydrogen) atoms. The van der Waals surface area contributed by atoms with Crippen LogP contribution >= 0.6 is 22.9 Å². The van der Waals surface area contributed by atoms with Crippen LogP contribution in [0.5, 0.6) is 0 Å². The van der Waals surface area contributed by atoms with Crippen LogP contribution in [0.15, 0.2) is 35.7 Å². The van der Waals surface area contributed by atoms with Gasteiger partial charge in [-0.3, -0.25) is 0 Å². The monoisotopic (exact) mass is 251 g/mol. The van der Waals surface area contributed by atoms with Crippen molar-refractivity contribution in [3.63, 3.8) is 0 Å². The molecule has 0 aliphatic carbocycles. The number of benzene rings is 1. The first-order valence-corrected chi connectivity index (χ1v) is 6.73. The summed E-state index contributed by atoms with van der Waals surface area (Å²) < 4.78 is 0. The smallest absolute Gasteiger partial charge is 0.0934 e. The van der Waals surface area contributed by atoms with E-state index in [0.717, 1.165) is 12.1 Å². The minimum Gasteiger partial charge on any atom is -0.247 e. The summed E-state index contributed by atoms with van der Waals surface area (Å²) in [6.07, 6.45) is 0.937. The van der Waals surface area contributed by atoms with Crippen LogP contribution in [0.4, 0.5) is 0 Å². The fourth-order valence-electron chi connectivity index (χ4n) is 1.69. The summed E-state index contributed by atoms with van der Waals surface area (Å²) in [6, 6.07) is 10.4. The average molecular weight is 252 g/mol. The highest BCUT2D eigenvalue weighted by molar-refractivity contribution is 7.09. The topological polar surface area (TPSA) is 12.9 Å². The van der Waals surface area contributed by atoms with E-state index in [0.29, 0.717) is 11.8 Å². The number of aromatic nitrogens is 1. The molecule has 0 aliphatic rings. The molecule has 1 aromatic heterocycles. The SMILES string of the molecule is Cc1csc(CC(CCl)c2ccccc2)n1. The van der Waals surface area contributed by atoms with Gasteiger partial charge < -0.3 is 0 Å². The van der Waals surface area contributed by atoms with Gasteiger partial charge >= 0.3 is 0 Å². The van der Waals surface area contributed by atoms with Crippen molar-refractivity contribution in [3.8, 4) is 0 Å². The molecule has 1 atom stereocenters. The number of alkyl halides is 1. The van der Waals surface area contributed by atoms with Gasteiger partial charge in [0, 0.05) is 29.3 Å². The van der Waals surface area contributed by atoms with Crippen LogP contribution in [0.2, 0.25) is 0 Å². The Hall–Kier alpha value is -0.860. The summed E-state index contributed by atoms with van der Waals surface area (Å²) in [4.78, 5) is 4.48. The minimum absolute atomic E-state index is 0.369. The lowest BCUT2D eigenvalue weighted by Gasteiger charge is -2.12. The van der Waals surface area contributed by atoms with Crippen molar-refractivity contribution in [2.45, 2.75) is 19.3 Å². The lowest BCUT2D eigenvalue weighted by Crippen LogP contribution is -2.04. The quantitative estimate of drug-likeness (QED) is 0.748. The third-order valence-electron chi connectivity index (χ3n) is 2.54. The zero-order chi connectivity index (χ0) is 11.4. The zero-order valence-corrected chi connectivity index (χ0v) is 10.8. The lowest BCUT2D eigenvalue weighted by molar-refractivity contribution is 0.759. The van der Waals surface area contributed by atoms with Gasteiger partial charge in [0.05, 0.1) is 5.01 Å². The van der Waals surface area contributed by atoms with E-state index in [1.54, 1.807) is 11.3 Å². The molecule has 0 bridgehead atoms. The number of hydrogen-bond donors (Lipinski definition) is 0. The second-order valence-electron chi connectivity index (χ2n) is 3.85. The zero-order valence-electron chi connectivity index (χ0n) is 9.19. The van der Waals surface area contributed by atoms with Gasteiger partial charge in [0.2, 0.25) is 0 Å². The van der Waals surface area contributed by atoms with Crippen LogP contribution in [-0.2, 0) is 6.42 Å². The van der Waals surface area contributed by atoms with E-state index in [-0.39, 0.29) is 0 Å². The average Bonchev–Trinajstić information content (AvgIpc) is 2.73. The van der Waals surface area contributed by atoms with Gasteiger partial charge in [0.15, 0.2) is 0 Å². The molecule has 0 spiro atoms. The second kappa shape index (κ2) is 5.46. The van der Waals surface area contributed by atoms with Crippen molar-refractivity contribution in [1.82, 2.24) is 4.98 Å². The molecule has 2 aromatic rings. The van der Waals surface area contributed by atoms with Crippen LogP contribution in [0.3, 0.4) is 0 Å². The molecular formula is C13H14ClNS. The van der Waals surface area contributed by atoms with E-state index in [4.69, 9.17) is 11.6 Å². The molecule has 0 saturated carbocycles. The summed E-state index contributed by atoms with van der Waals surface area (Å²) in [5, 5.41) is 3.26. The number of hydrogen-bond acceptors (Lipinski definition) is 2. The Morgan fingerprint density at radius 2 is 2.06 bits per heavy atom. The van der Waals surface area contributed by atoms with Crippen LogP contribution in [0, 0.1) is 6.92 Å². The molecule has 0 radical (unpaired) electrons. The van der Waals surface area contributed by atoms with Gasteiger partial charge in [-0.15, -0.1) is 22.9 Å². The van der Waals surface area contributed by atoms with Gasteiger partial charge in [0.25, 0.3) is 0 Å². The first-order valence-electron chi connectivity index (χ1n) is 5.31. The van der Waals surface area contributed by atoms with E-state index < -0.39 is 0 Å². The van der Waals surface area contributed by atoms with Crippen molar-refractivity contribution in [2.75, 3.05) is 5.88 Å². The number of aryl methyl sites for hydroxylation is 1. The summed E-state index contributed by atoms with van der Waals surface area (Å²) in [5.41, 5.74) is 2.40. The Labute approximate surface area is 105 Å². The van der Waals surface area contributed by atoms with Gasteiger partial charge in [-0.05, 0) is 12.5 Å². The van der Waals surface area contributed by atoms with E-state index >= 15 is 0 Å². The Bertz CT molecular complexity index is 438. The van der Waals surface area contributed by atoms with Crippen molar-refractivity contribution >= 4 is 22.9 Å². The number of thiazole rings is 1. The highest BCUT2D eigenvalue weighted by Crippen LogP contribution is 2.23. The molecular weight excluding hydrogens is 238 g/mol. The molecule has 0 saturated heterocycles. The molecule has 84 valence electrons. The Balaban J connectivity index is 2.12. The van der Waals surface area contributed by atoms with Crippen molar-refractivity contribution < 1.29 is 0 Å². The number of nitrogens with zero attached hydrogens (tertiary/aromatic N) is 1. The standard InChI is InChI=1S/C13H14ClNS/c1-10-9-16-13(15-10)7-12(8-14)11-5-3-2-4-6-11/h2-6,9,12H,7-8H2,1H3. The van der Waals surface area contributed by atoms with Crippen LogP contribution in [0.25, 0.3) is 0 Å². The maximum Gasteiger partial charge on any atom is 0.0934 e. The highest BCUT2D eigenvalue weighted by Gasteiger charge is 2.12. The number of rotatable bonds is 4. The summed E-state index contributed by atoms with van der Waals surface area (Å²) in [5.74, 6) is 1.01. The summed E-state index contributed by atoms with van der Waals surface area (Å²) >= 11 is 7.75. The highest BCUT2D eigenvalue weighted by atomic mass is 35.5. The third-order valence-corrected chi connectivity index (χ3v) is 3.91. The Kier molecular flexibility index (Phi) is 3.97. The normalized spacial score (nSPS) is 12.6. The van der Waals surface area contributed by atoms with Crippen LogP contribution in [-0.4, -0.2) is 10.9 Å². The maximum absolute atomic E-state index is 6.04. The van der Waals surface area contributed by atoms with Crippen molar-refractivity contribution in [3.05, 3.63) is 52.0 Å². The van der Waals surface area contributed by atoms with Gasteiger partial charge in [-0.2, -0.15) is 0 Å². The molecule has 0 fully saturated rings. The molecule has 2 rings (SSSR count). The second-order valence-corrected chi connectivity index (χ2v) is 5.10. The van der Waals surface area contributed by atoms with Crippen LogP contribution < -0.4 is 0 Å². The van der Waals surface area contributed by atoms with E-state index in [1.165, 1.54) is 10.6 Å². The van der Waals surface area contributed by atoms with Crippen molar-refractivity contribution in [1.29, 1.82) is 0 Å². The molecule has 0 N–H and O–H groups in total. The van der Waals surface area contributed by atoms with E-state index in [2.05, 4.69) is 34.6 Å². The van der Waals surface area contributed by atoms with Gasteiger partial charge in [-0.25, -0.2) is 4.98 Å².